The van der Waals surface area contributed by atoms with E-state index in [9.17, 15) is 18.0 Å². The van der Waals surface area contributed by atoms with Gasteiger partial charge >= 0.3 is 6.18 Å². The Morgan fingerprint density at radius 2 is 1.36 bits per heavy atom. The predicted octanol–water partition coefficient (Wildman–Crippen LogP) is 9.19. The van der Waals surface area contributed by atoms with Crippen LogP contribution in [0.3, 0.4) is 0 Å². The average Bonchev–Trinajstić information content (AvgIpc) is 2.83. The minimum absolute atomic E-state index is 0.111. The maximum atomic E-state index is 12.7. The first-order valence-electron chi connectivity index (χ1n) is 12.8. The van der Waals surface area contributed by atoms with Crippen molar-refractivity contribution in [3.05, 3.63) is 67.6 Å². The van der Waals surface area contributed by atoms with Gasteiger partial charge in [0.1, 0.15) is 0 Å². The second kappa shape index (κ2) is 16.5. The highest BCUT2D eigenvalue weighted by Gasteiger charge is 2.29. The third kappa shape index (κ3) is 11.3. The summed E-state index contributed by atoms with van der Waals surface area (Å²) in [6.07, 6.45) is 8.22. The van der Waals surface area contributed by atoms with E-state index in [1.807, 2.05) is 0 Å². The van der Waals surface area contributed by atoms with Crippen molar-refractivity contribution in [2.75, 3.05) is 6.54 Å². The molecule has 36 heavy (non-hydrogen) atoms. The molecule has 0 aliphatic rings. The maximum absolute atomic E-state index is 12.7. The zero-order valence-electron chi connectivity index (χ0n) is 20.9. The summed E-state index contributed by atoms with van der Waals surface area (Å²) in [5.41, 5.74) is 1.48. The summed E-state index contributed by atoms with van der Waals surface area (Å²) in [7, 11) is 0. The molecule has 0 aliphatic heterocycles. The van der Waals surface area contributed by atoms with Gasteiger partial charge in [-0.3, -0.25) is 4.79 Å². The molecule has 2 aromatic rings. The van der Waals surface area contributed by atoms with Crippen molar-refractivity contribution in [1.82, 2.24) is 10.6 Å². The smallest absolute Gasteiger partial charge is 0.352 e. The number of alkyl halides is 3. The lowest BCUT2D eigenvalue weighted by Gasteiger charge is -2.12. The monoisotopic (exact) mass is 631 g/mol. The van der Waals surface area contributed by atoms with Crippen LogP contribution in [0, 0.1) is 0 Å². The van der Waals surface area contributed by atoms with Gasteiger partial charge in [-0.2, -0.15) is 13.2 Å². The molecule has 0 saturated carbocycles. The lowest BCUT2D eigenvalue weighted by atomic mass is 10.1. The summed E-state index contributed by atoms with van der Waals surface area (Å²) >= 11 is 7.05. The van der Waals surface area contributed by atoms with Crippen LogP contribution in [0.25, 0.3) is 0 Å². The van der Waals surface area contributed by atoms with E-state index in [-0.39, 0.29) is 5.91 Å². The summed E-state index contributed by atoms with van der Waals surface area (Å²) in [6, 6.07) is 8.58. The highest BCUT2D eigenvalue weighted by atomic mass is 79.9. The second-order valence-electron chi connectivity index (χ2n) is 9.09. The number of amides is 1. The Morgan fingerprint density at radius 3 is 1.89 bits per heavy atom. The highest BCUT2D eigenvalue weighted by Crippen LogP contribution is 2.30. The fourth-order valence-corrected chi connectivity index (χ4v) is 5.33. The van der Waals surface area contributed by atoms with Crippen molar-refractivity contribution in [3.63, 3.8) is 0 Å². The second-order valence-corrected chi connectivity index (χ2v) is 10.8. The average molecular weight is 633 g/mol. The quantitative estimate of drug-likeness (QED) is 0.184. The lowest BCUT2D eigenvalue weighted by Crippen LogP contribution is -2.24. The number of hydrogen-bond donors (Lipinski definition) is 1. The molecule has 1 radical (unpaired) electrons. The molecule has 0 aliphatic carbocycles. The third-order valence-corrected chi connectivity index (χ3v) is 7.48. The summed E-state index contributed by atoms with van der Waals surface area (Å²) in [5.74, 6) is -0.111. The third-order valence-electron chi connectivity index (χ3n) is 6.06. The van der Waals surface area contributed by atoms with Crippen LogP contribution in [0.5, 0.6) is 0 Å². The summed E-state index contributed by atoms with van der Waals surface area (Å²) < 4.78 is 39.6. The maximum Gasteiger partial charge on any atom is 0.416 e. The highest BCUT2D eigenvalue weighted by molar-refractivity contribution is 9.11. The van der Waals surface area contributed by atoms with Crippen molar-refractivity contribution in [3.8, 4) is 0 Å². The number of nitrogens with one attached hydrogen (secondary N) is 1. The Hall–Kier alpha value is -1.38. The number of rotatable bonds is 16. The van der Waals surface area contributed by atoms with Gasteiger partial charge in [-0.15, -0.1) is 0 Å². The first-order chi connectivity index (χ1) is 17.2. The standard InChI is InChI=1S/C28H36Br2F3N2O/c1-2-3-4-5-6-7-8-9-10-11-16-35-27(36)22-17-25(29)24(26(30)18-22)20-34-19-21-12-14-23(15-13-21)28(31,32)33/h12-15,17-18H,2-11,16,19-20H2,1H3,(H,35,36). The molecule has 1 amide bonds. The molecule has 0 spiro atoms. The van der Waals surface area contributed by atoms with E-state index in [0.29, 0.717) is 30.8 Å². The van der Waals surface area contributed by atoms with Gasteiger partial charge in [0.15, 0.2) is 0 Å². The Kier molecular flexibility index (Phi) is 14.1. The van der Waals surface area contributed by atoms with E-state index in [4.69, 9.17) is 0 Å². The fraction of sp³-hybridized carbons (Fsp3) is 0.536. The SMILES string of the molecule is CCCCCCCCCCCCNC(=O)c1cc(Br)c(C[N]Cc2ccc(C(F)(F)F)cc2)c(Br)c1. The number of carbonyl (C=O) groups excluding carboxylic acids is 1. The van der Waals surface area contributed by atoms with Crippen LogP contribution in [0.4, 0.5) is 13.2 Å². The van der Waals surface area contributed by atoms with Crippen molar-refractivity contribution >= 4 is 37.8 Å². The van der Waals surface area contributed by atoms with E-state index < -0.39 is 11.7 Å². The molecule has 2 rings (SSSR count). The molecule has 199 valence electrons. The van der Waals surface area contributed by atoms with Gasteiger partial charge in [-0.25, -0.2) is 5.32 Å². The van der Waals surface area contributed by atoms with Crippen molar-refractivity contribution < 1.29 is 18.0 Å². The molecule has 0 unspecified atom stereocenters. The molecule has 8 heteroatoms. The molecule has 0 atom stereocenters. The van der Waals surface area contributed by atoms with Gasteiger partial charge in [-0.05, 0) is 41.8 Å². The molecule has 0 bridgehead atoms. The van der Waals surface area contributed by atoms with Gasteiger partial charge in [0.2, 0.25) is 0 Å². The van der Waals surface area contributed by atoms with E-state index in [1.165, 1.54) is 63.5 Å². The predicted molar refractivity (Wildman–Crippen MR) is 147 cm³/mol. The van der Waals surface area contributed by atoms with Crippen LogP contribution >= 0.6 is 31.9 Å². The number of hydrogen-bond acceptors (Lipinski definition) is 1. The summed E-state index contributed by atoms with van der Waals surface area (Å²) in [4.78, 5) is 12.6. The number of nitrogens with zero attached hydrogens (tertiary/aromatic N) is 1. The van der Waals surface area contributed by atoms with Crippen LogP contribution in [-0.2, 0) is 19.3 Å². The van der Waals surface area contributed by atoms with Crippen LogP contribution in [0.15, 0.2) is 45.3 Å². The molecule has 1 N–H and O–H groups in total. The number of benzene rings is 2. The number of carbonyl (C=O) groups is 1. The van der Waals surface area contributed by atoms with Crippen LogP contribution < -0.4 is 10.6 Å². The first kappa shape index (κ1) is 30.8. The fourth-order valence-electron chi connectivity index (χ4n) is 3.90. The first-order valence-corrected chi connectivity index (χ1v) is 14.4. The number of unbranched alkanes of at least 4 members (excludes halogenated alkanes) is 9. The van der Waals surface area contributed by atoms with Crippen molar-refractivity contribution in [1.29, 1.82) is 0 Å². The van der Waals surface area contributed by atoms with Crippen LogP contribution in [0.1, 0.15) is 98.2 Å². The minimum Gasteiger partial charge on any atom is -0.352 e. The Bertz CT molecular complexity index is 910. The van der Waals surface area contributed by atoms with Gasteiger partial charge in [0.25, 0.3) is 5.91 Å². The van der Waals surface area contributed by atoms with Crippen molar-refractivity contribution in [2.24, 2.45) is 0 Å². The summed E-state index contributed by atoms with van der Waals surface area (Å²) in [6.45, 7) is 3.57. The largest absolute Gasteiger partial charge is 0.416 e. The van der Waals surface area contributed by atoms with Crippen LogP contribution in [-0.4, -0.2) is 12.5 Å². The van der Waals surface area contributed by atoms with Crippen LogP contribution in [0.2, 0.25) is 0 Å². The molecule has 0 heterocycles. The van der Waals surface area contributed by atoms with E-state index in [0.717, 1.165) is 39.5 Å². The molecular weight excluding hydrogens is 597 g/mol. The lowest BCUT2D eigenvalue weighted by molar-refractivity contribution is -0.137. The van der Waals surface area contributed by atoms with Crippen molar-refractivity contribution in [2.45, 2.75) is 90.4 Å². The molecule has 2 aromatic carbocycles. The zero-order valence-corrected chi connectivity index (χ0v) is 24.1. The number of halogens is 5. The van der Waals surface area contributed by atoms with Gasteiger partial charge < -0.3 is 5.32 Å². The summed E-state index contributed by atoms with van der Waals surface area (Å²) in [5, 5.41) is 7.46. The zero-order chi connectivity index (χ0) is 26.4. The van der Waals surface area contributed by atoms with Gasteiger partial charge in [0, 0.05) is 34.1 Å². The molecule has 0 fully saturated rings. The Morgan fingerprint density at radius 1 is 0.833 bits per heavy atom. The molecule has 0 saturated heterocycles. The Balaban J connectivity index is 1.70. The molecular formula is C28H36Br2F3N2O. The Labute approximate surface area is 230 Å². The van der Waals surface area contributed by atoms with Gasteiger partial charge in [-0.1, -0.05) is 109 Å². The minimum atomic E-state index is -4.34. The normalized spacial score (nSPS) is 11.6. The molecule has 3 nitrogen and oxygen atoms in total. The van der Waals surface area contributed by atoms with E-state index in [1.54, 1.807) is 12.1 Å². The van der Waals surface area contributed by atoms with E-state index >= 15 is 0 Å². The van der Waals surface area contributed by atoms with E-state index in [2.05, 4.69) is 49.4 Å². The van der Waals surface area contributed by atoms with Gasteiger partial charge in [0.05, 0.1) is 5.56 Å². The molecule has 0 aromatic heterocycles. The topological polar surface area (TPSA) is 43.2 Å².